The van der Waals surface area contributed by atoms with Crippen molar-refractivity contribution in [3.8, 4) is 0 Å². The molecule has 0 bridgehead atoms. The Kier molecular flexibility index (Phi) is 8.96. The Labute approximate surface area is 102 Å². The molecule has 0 aliphatic rings. The van der Waals surface area contributed by atoms with Crippen LogP contribution in [-0.2, 0) is 9.47 Å². The Morgan fingerprint density at radius 3 is 1.19 bits per heavy atom. The number of unbranched alkanes of at least 4 members (excludes halogenated alkanes) is 1. The van der Waals surface area contributed by atoms with Gasteiger partial charge >= 0.3 is 0 Å². The predicted molar refractivity (Wildman–Crippen MR) is 69.7 cm³/mol. The van der Waals surface area contributed by atoms with Crippen molar-refractivity contribution in [1.29, 1.82) is 0 Å². The lowest BCUT2D eigenvalue weighted by atomic mass is 9.97. The van der Waals surface area contributed by atoms with Crippen LogP contribution >= 0.6 is 0 Å². The van der Waals surface area contributed by atoms with E-state index in [2.05, 4.69) is 27.7 Å². The minimum absolute atomic E-state index is 0.417. The van der Waals surface area contributed by atoms with E-state index in [0.29, 0.717) is 24.0 Å². The fraction of sp³-hybridized carbons (Fsp3) is 1.00. The molecule has 0 N–H and O–H groups in total. The predicted octanol–water partition coefficient (Wildman–Crippen LogP) is 3.89. The van der Waals surface area contributed by atoms with Crippen molar-refractivity contribution in [2.24, 2.45) is 11.8 Å². The first-order valence-electron chi connectivity index (χ1n) is 6.58. The second-order valence-corrected chi connectivity index (χ2v) is 5.32. The Bertz CT molecular complexity index is 137. The van der Waals surface area contributed by atoms with Crippen molar-refractivity contribution in [2.75, 3.05) is 14.2 Å². The molecular weight excluding hydrogens is 200 g/mol. The lowest BCUT2D eigenvalue weighted by molar-refractivity contribution is 0.0449. The molecule has 2 heteroatoms. The third-order valence-electron chi connectivity index (χ3n) is 3.32. The minimum Gasteiger partial charge on any atom is -0.381 e. The molecule has 0 aromatic rings. The third kappa shape index (κ3) is 6.49. The topological polar surface area (TPSA) is 18.5 Å². The number of rotatable bonds is 9. The highest BCUT2D eigenvalue weighted by Gasteiger charge is 2.14. The molecule has 0 rings (SSSR count). The number of methoxy groups -OCH3 is 2. The van der Waals surface area contributed by atoms with Crippen LogP contribution in [0.5, 0.6) is 0 Å². The van der Waals surface area contributed by atoms with Gasteiger partial charge in [-0.2, -0.15) is 0 Å². The van der Waals surface area contributed by atoms with Crippen LogP contribution < -0.4 is 0 Å². The molecule has 2 unspecified atom stereocenters. The molecule has 0 fully saturated rings. The summed E-state index contributed by atoms with van der Waals surface area (Å²) in [4.78, 5) is 0. The zero-order valence-electron chi connectivity index (χ0n) is 12.0. The van der Waals surface area contributed by atoms with E-state index in [1.165, 1.54) is 25.7 Å². The van der Waals surface area contributed by atoms with Gasteiger partial charge in [0.1, 0.15) is 0 Å². The molecule has 0 amide bonds. The summed E-state index contributed by atoms with van der Waals surface area (Å²) in [6.45, 7) is 8.89. The zero-order chi connectivity index (χ0) is 12.6. The minimum atomic E-state index is 0.417. The van der Waals surface area contributed by atoms with Gasteiger partial charge in [0.25, 0.3) is 0 Å². The van der Waals surface area contributed by atoms with Gasteiger partial charge in [-0.3, -0.25) is 0 Å². The van der Waals surface area contributed by atoms with Crippen molar-refractivity contribution in [3.05, 3.63) is 0 Å². The van der Waals surface area contributed by atoms with Crippen LogP contribution in [0.2, 0.25) is 0 Å². The van der Waals surface area contributed by atoms with Crippen LogP contribution in [0.25, 0.3) is 0 Å². The lowest BCUT2D eigenvalue weighted by Gasteiger charge is -2.21. The van der Waals surface area contributed by atoms with Gasteiger partial charge in [0.2, 0.25) is 0 Å². The Hall–Kier alpha value is -0.0800. The van der Waals surface area contributed by atoms with E-state index in [9.17, 15) is 0 Å². The largest absolute Gasteiger partial charge is 0.381 e. The Morgan fingerprint density at radius 1 is 0.688 bits per heavy atom. The van der Waals surface area contributed by atoms with Gasteiger partial charge in [-0.15, -0.1) is 0 Å². The van der Waals surface area contributed by atoms with E-state index in [1.54, 1.807) is 0 Å². The molecule has 2 nitrogen and oxygen atoms in total. The van der Waals surface area contributed by atoms with Gasteiger partial charge < -0.3 is 9.47 Å². The maximum atomic E-state index is 5.46. The van der Waals surface area contributed by atoms with Crippen molar-refractivity contribution in [2.45, 2.75) is 65.6 Å². The first-order chi connectivity index (χ1) is 7.52. The zero-order valence-corrected chi connectivity index (χ0v) is 12.0. The average molecular weight is 230 g/mol. The molecule has 0 aromatic heterocycles. The van der Waals surface area contributed by atoms with E-state index in [-0.39, 0.29) is 0 Å². The van der Waals surface area contributed by atoms with E-state index in [4.69, 9.17) is 9.47 Å². The normalized spacial score (nSPS) is 15.8. The SMILES string of the molecule is COC(CCCCC(OC)C(C)C)C(C)C. The standard InChI is InChI=1S/C14H30O2/c1-11(2)13(15-5)9-7-8-10-14(16-6)12(3)4/h11-14H,7-10H2,1-6H3. The molecule has 98 valence electrons. The third-order valence-corrected chi connectivity index (χ3v) is 3.32. The number of hydrogen-bond donors (Lipinski definition) is 0. The summed E-state index contributed by atoms with van der Waals surface area (Å²) in [5.41, 5.74) is 0. The summed E-state index contributed by atoms with van der Waals surface area (Å²) < 4.78 is 10.9. The van der Waals surface area contributed by atoms with Crippen LogP contribution in [0.1, 0.15) is 53.4 Å². The van der Waals surface area contributed by atoms with E-state index < -0.39 is 0 Å². The van der Waals surface area contributed by atoms with E-state index in [1.807, 2.05) is 14.2 Å². The summed E-state index contributed by atoms with van der Waals surface area (Å²) in [6.07, 6.45) is 5.65. The second kappa shape index (κ2) is 9.00. The highest BCUT2D eigenvalue weighted by molar-refractivity contribution is 4.65. The number of ether oxygens (including phenoxy) is 2. The monoisotopic (exact) mass is 230 g/mol. The summed E-state index contributed by atoms with van der Waals surface area (Å²) in [5.74, 6) is 1.24. The first kappa shape index (κ1) is 15.9. The fourth-order valence-corrected chi connectivity index (χ4v) is 2.14. The summed E-state index contributed by atoms with van der Waals surface area (Å²) in [7, 11) is 3.63. The molecule has 0 spiro atoms. The van der Waals surface area contributed by atoms with Gasteiger partial charge in [-0.1, -0.05) is 40.5 Å². The highest BCUT2D eigenvalue weighted by Crippen LogP contribution is 2.17. The maximum Gasteiger partial charge on any atom is 0.0594 e. The molecule has 0 radical (unpaired) electrons. The molecule has 0 aliphatic carbocycles. The van der Waals surface area contributed by atoms with Crippen LogP contribution in [0, 0.1) is 11.8 Å². The van der Waals surface area contributed by atoms with Crippen LogP contribution in [0.4, 0.5) is 0 Å². The van der Waals surface area contributed by atoms with E-state index in [0.717, 1.165) is 0 Å². The summed E-state index contributed by atoms with van der Waals surface area (Å²) in [5, 5.41) is 0. The average Bonchev–Trinajstić information content (AvgIpc) is 2.22. The van der Waals surface area contributed by atoms with Crippen LogP contribution in [0.3, 0.4) is 0 Å². The van der Waals surface area contributed by atoms with Gasteiger partial charge in [0.15, 0.2) is 0 Å². The molecule has 2 atom stereocenters. The summed E-state index contributed by atoms with van der Waals surface area (Å²) >= 11 is 0. The van der Waals surface area contributed by atoms with Gasteiger partial charge in [-0.25, -0.2) is 0 Å². The van der Waals surface area contributed by atoms with Crippen molar-refractivity contribution >= 4 is 0 Å². The van der Waals surface area contributed by atoms with E-state index >= 15 is 0 Å². The molecule has 0 heterocycles. The van der Waals surface area contributed by atoms with Crippen molar-refractivity contribution < 1.29 is 9.47 Å². The quantitative estimate of drug-likeness (QED) is 0.559. The molecular formula is C14H30O2. The first-order valence-corrected chi connectivity index (χ1v) is 6.58. The van der Waals surface area contributed by atoms with Gasteiger partial charge in [-0.05, 0) is 24.7 Å². The fourth-order valence-electron chi connectivity index (χ4n) is 2.14. The Morgan fingerprint density at radius 2 is 1.00 bits per heavy atom. The number of hydrogen-bond acceptors (Lipinski definition) is 2. The smallest absolute Gasteiger partial charge is 0.0594 e. The van der Waals surface area contributed by atoms with Crippen molar-refractivity contribution in [3.63, 3.8) is 0 Å². The molecule has 0 saturated heterocycles. The van der Waals surface area contributed by atoms with Crippen LogP contribution in [-0.4, -0.2) is 26.4 Å². The van der Waals surface area contributed by atoms with Crippen LogP contribution in [0.15, 0.2) is 0 Å². The lowest BCUT2D eigenvalue weighted by Crippen LogP contribution is -2.19. The maximum absolute atomic E-state index is 5.46. The molecule has 0 saturated carbocycles. The summed E-state index contributed by atoms with van der Waals surface area (Å²) in [6, 6.07) is 0. The van der Waals surface area contributed by atoms with Crippen molar-refractivity contribution in [1.82, 2.24) is 0 Å². The molecule has 0 aromatic carbocycles. The van der Waals surface area contributed by atoms with Gasteiger partial charge in [0.05, 0.1) is 12.2 Å². The molecule has 16 heavy (non-hydrogen) atoms. The highest BCUT2D eigenvalue weighted by atomic mass is 16.5. The Balaban J connectivity index is 3.65. The molecule has 0 aliphatic heterocycles. The van der Waals surface area contributed by atoms with Gasteiger partial charge in [0, 0.05) is 14.2 Å². The second-order valence-electron chi connectivity index (χ2n) is 5.32.